The molecule has 0 spiro atoms. The quantitative estimate of drug-likeness (QED) is 0.879. The highest BCUT2D eigenvalue weighted by Gasteiger charge is 2.22. The van der Waals surface area contributed by atoms with E-state index < -0.39 is 0 Å². The Kier molecular flexibility index (Phi) is 4.71. The summed E-state index contributed by atoms with van der Waals surface area (Å²) in [6, 6.07) is 0.561. The molecule has 0 saturated carbocycles. The number of nitrogens with one attached hydrogen (secondary N) is 1. The molecule has 2 rings (SSSR count). The lowest BCUT2D eigenvalue weighted by atomic mass is 10.0. The van der Waals surface area contributed by atoms with Gasteiger partial charge in [0.05, 0.1) is 0 Å². The van der Waals surface area contributed by atoms with Gasteiger partial charge in [0.1, 0.15) is 0 Å². The number of rotatable bonds is 4. The number of hydrogen-bond acceptors (Lipinski definition) is 5. The molecule has 1 aliphatic heterocycles. The Balaban J connectivity index is 2.06. The van der Waals surface area contributed by atoms with Crippen LogP contribution in [0.5, 0.6) is 0 Å². The van der Waals surface area contributed by atoms with E-state index >= 15 is 0 Å². The van der Waals surface area contributed by atoms with Gasteiger partial charge < -0.3 is 15.1 Å². The number of hydrogen-bond donors (Lipinski definition) is 1. The first-order valence-corrected chi connectivity index (χ1v) is 7.00. The third kappa shape index (κ3) is 3.42. The Morgan fingerprint density at radius 2 is 2.11 bits per heavy atom. The zero-order valence-electron chi connectivity index (χ0n) is 12.5. The first-order chi connectivity index (χ1) is 9.11. The molecule has 2 heterocycles. The SMILES string of the molecule is CNCc1cnc(N(C)C2CCN(C)CC2)nc1C. The molecule has 0 radical (unpaired) electrons. The van der Waals surface area contributed by atoms with Gasteiger partial charge in [-0.15, -0.1) is 0 Å². The molecule has 5 heteroatoms. The van der Waals surface area contributed by atoms with E-state index in [0.29, 0.717) is 6.04 Å². The summed E-state index contributed by atoms with van der Waals surface area (Å²) < 4.78 is 0. The molecule has 0 amide bonds. The average molecular weight is 263 g/mol. The van der Waals surface area contributed by atoms with Crippen molar-refractivity contribution in [1.82, 2.24) is 20.2 Å². The Morgan fingerprint density at radius 1 is 1.42 bits per heavy atom. The molecule has 1 aromatic heterocycles. The predicted molar refractivity (Wildman–Crippen MR) is 78.5 cm³/mol. The van der Waals surface area contributed by atoms with Crippen LogP contribution in [0.4, 0.5) is 5.95 Å². The third-order valence-electron chi connectivity index (χ3n) is 3.99. The molecule has 1 N–H and O–H groups in total. The number of anilines is 1. The zero-order valence-corrected chi connectivity index (χ0v) is 12.5. The van der Waals surface area contributed by atoms with Crippen LogP contribution in [-0.4, -0.2) is 55.1 Å². The lowest BCUT2D eigenvalue weighted by Crippen LogP contribution is -2.42. The molecule has 0 atom stereocenters. The molecule has 0 unspecified atom stereocenters. The van der Waals surface area contributed by atoms with Crippen molar-refractivity contribution in [3.05, 3.63) is 17.5 Å². The molecule has 1 aromatic rings. The van der Waals surface area contributed by atoms with Gasteiger partial charge in [-0.05, 0) is 47.0 Å². The van der Waals surface area contributed by atoms with Crippen LogP contribution in [-0.2, 0) is 6.54 Å². The van der Waals surface area contributed by atoms with E-state index in [4.69, 9.17) is 0 Å². The first-order valence-electron chi connectivity index (χ1n) is 7.00. The molecular weight excluding hydrogens is 238 g/mol. The minimum atomic E-state index is 0.561. The van der Waals surface area contributed by atoms with Gasteiger partial charge in [-0.3, -0.25) is 0 Å². The van der Waals surface area contributed by atoms with Gasteiger partial charge in [0.25, 0.3) is 0 Å². The number of aryl methyl sites for hydroxylation is 1. The summed E-state index contributed by atoms with van der Waals surface area (Å²) in [6.07, 6.45) is 4.32. The minimum absolute atomic E-state index is 0.561. The fraction of sp³-hybridized carbons (Fsp3) is 0.714. The number of aromatic nitrogens is 2. The standard InChI is InChI=1S/C14H25N5/c1-11-12(9-15-2)10-16-14(17-11)19(4)13-5-7-18(3)8-6-13/h10,13,15H,5-9H2,1-4H3. The molecule has 1 aliphatic rings. The van der Waals surface area contributed by atoms with Gasteiger partial charge in [-0.25, -0.2) is 9.97 Å². The van der Waals surface area contributed by atoms with Gasteiger partial charge in [-0.2, -0.15) is 0 Å². The summed E-state index contributed by atoms with van der Waals surface area (Å²) in [6.45, 7) is 5.20. The van der Waals surface area contributed by atoms with Crippen molar-refractivity contribution >= 4 is 5.95 Å². The second-order valence-electron chi connectivity index (χ2n) is 5.46. The third-order valence-corrected chi connectivity index (χ3v) is 3.99. The van der Waals surface area contributed by atoms with E-state index in [1.54, 1.807) is 0 Å². The van der Waals surface area contributed by atoms with Crippen LogP contribution in [0, 0.1) is 6.92 Å². The highest BCUT2D eigenvalue weighted by atomic mass is 15.3. The topological polar surface area (TPSA) is 44.3 Å². The monoisotopic (exact) mass is 263 g/mol. The fourth-order valence-electron chi connectivity index (χ4n) is 2.56. The van der Waals surface area contributed by atoms with Gasteiger partial charge in [0.15, 0.2) is 0 Å². The van der Waals surface area contributed by atoms with E-state index in [2.05, 4.69) is 46.1 Å². The lowest BCUT2D eigenvalue weighted by molar-refractivity contribution is 0.252. The van der Waals surface area contributed by atoms with Crippen molar-refractivity contribution in [1.29, 1.82) is 0 Å². The number of piperidine rings is 1. The van der Waals surface area contributed by atoms with Crippen molar-refractivity contribution in [2.45, 2.75) is 32.4 Å². The smallest absolute Gasteiger partial charge is 0.225 e. The maximum atomic E-state index is 4.65. The Bertz CT molecular complexity index is 412. The molecule has 0 aromatic carbocycles. The average Bonchev–Trinajstić information content (AvgIpc) is 2.41. The van der Waals surface area contributed by atoms with Gasteiger partial charge >= 0.3 is 0 Å². The van der Waals surface area contributed by atoms with Crippen LogP contribution in [0.2, 0.25) is 0 Å². The van der Waals surface area contributed by atoms with Gasteiger partial charge in [0.2, 0.25) is 5.95 Å². The summed E-state index contributed by atoms with van der Waals surface area (Å²) in [5.41, 5.74) is 2.24. The largest absolute Gasteiger partial charge is 0.341 e. The molecular formula is C14H25N5. The second-order valence-corrected chi connectivity index (χ2v) is 5.46. The van der Waals surface area contributed by atoms with Crippen molar-refractivity contribution in [3.63, 3.8) is 0 Å². The van der Waals surface area contributed by atoms with E-state index in [0.717, 1.165) is 31.3 Å². The van der Waals surface area contributed by atoms with Crippen molar-refractivity contribution in [2.75, 3.05) is 39.1 Å². The fourth-order valence-corrected chi connectivity index (χ4v) is 2.56. The van der Waals surface area contributed by atoms with Crippen LogP contribution in [0.15, 0.2) is 6.20 Å². The molecule has 0 bridgehead atoms. The van der Waals surface area contributed by atoms with E-state index in [1.807, 2.05) is 13.2 Å². The van der Waals surface area contributed by atoms with Crippen molar-refractivity contribution in [3.8, 4) is 0 Å². The summed E-state index contributed by atoms with van der Waals surface area (Å²) in [7, 11) is 6.24. The van der Waals surface area contributed by atoms with Crippen molar-refractivity contribution in [2.24, 2.45) is 0 Å². The number of likely N-dealkylation sites (tertiary alicyclic amines) is 1. The van der Waals surface area contributed by atoms with Crippen LogP contribution in [0.1, 0.15) is 24.1 Å². The minimum Gasteiger partial charge on any atom is -0.341 e. The maximum Gasteiger partial charge on any atom is 0.225 e. The molecule has 19 heavy (non-hydrogen) atoms. The normalized spacial score (nSPS) is 17.7. The first kappa shape index (κ1) is 14.2. The second kappa shape index (κ2) is 6.30. The highest BCUT2D eigenvalue weighted by Crippen LogP contribution is 2.19. The number of nitrogens with zero attached hydrogens (tertiary/aromatic N) is 4. The summed E-state index contributed by atoms with van der Waals surface area (Å²) in [4.78, 5) is 13.8. The van der Waals surface area contributed by atoms with Crippen LogP contribution < -0.4 is 10.2 Å². The van der Waals surface area contributed by atoms with E-state index in [-0.39, 0.29) is 0 Å². The van der Waals surface area contributed by atoms with Gasteiger partial charge in [-0.1, -0.05) is 0 Å². The van der Waals surface area contributed by atoms with Crippen LogP contribution in [0.3, 0.4) is 0 Å². The van der Waals surface area contributed by atoms with Gasteiger partial charge in [0, 0.05) is 37.1 Å². The summed E-state index contributed by atoms with van der Waals surface area (Å²) >= 11 is 0. The van der Waals surface area contributed by atoms with Crippen LogP contribution in [0.25, 0.3) is 0 Å². The lowest BCUT2D eigenvalue weighted by Gasteiger charge is -2.35. The Hall–Kier alpha value is -1.20. The van der Waals surface area contributed by atoms with E-state index in [9.17, 15) is 0 Å². The summed E-state index contributed by atoms with van der Waals surface area (Å²) in [5.74, 6) is 0.854. The van der Waals surface area contributed by atoms with Crippen LogP contribution >= 0.6 is 0 Å². The molecule has 5 nitrogen and oxygen atoms in total. The molecule has 1 fully saturated rings. The molecule has 1 saturated heterocycles. The van der Waals surface area contributed by atoms with E-state index in [1.165, 1.54) is 18.4 Å². The Labute approximate surface area is 116 Å². The maximum absolute atomic E-state index is 4.65. The predicted octanol–water partition coefficient (Wildman–Crippen LogP) is 1.03. The summed E-state index contributed by atoms with van der Waals surface area (Å²) in [5, 5.41) is 3.14. The highest BCUT2D eigenvalue weighted by molar-refractivity contribution is 5.33. The molecule has 106 valence electrons. The Morgan fingerprint density at radius 3 is 2.68 bits per heavy atom. The zero-order chi connectivity index (χ0) is 13.8. The molecule has 0 aliphatic carbocycles. The van der Waals surface area contributed by atoms with Crippen molar-refractivity contribution < 1.29 is 0 Å².